The highest BCUT2D eigenvalue weighted by Gasteiger charge is 2.12. The Labute approximate surface area is 173 Å². The molecule has 0 unspecified atom stereocenters. The van der Waals surface area contributed by atoms with E-state index in [1.807, 2.05) is 0 Å². The highest BCUT2D eigenvalue weighted by atomic mass is 127. The molecule has 2 aromatic rings. The van der Waals surface area contributed by atoms with E-state index in [0.717, 1.165) is 5.56 Å². The van der Waals surface area contributed by atoms with Crippen molar-refractivity contribution in [2.75, 3.05) is 14.2 Å². The van der Waals surface area contributed by atoms with Gasteiger partial charge in [0.15, 0.2) is 5.96 Å². The Morgan fingerprint density at radius 1 is 1.07 bits per heavy atom. The predicted molar refractivity (Wildman–Crippen MR) is 108 cm³/mol. The predicted octanol–water partition coefficient (Wildman–Crippen LogP) is 3.92. The summed E-state index contributed by atoms with van der Waals surface area (Å²) in [6.07, 6.45) is 0. The van der Waals surface area contributed by atoms with Crippen LogP contribution in [0.15, 0.2) is 47.5 Å². The number of ether oxygens (including phenoxy) is 2. The SMILES string of the molecule is CN=C(NCc1ccc(F)cc1)NCc1ccc(OC)cc1OC(F)F.I. The van der Waals surface area contributed by atoms with Crippen LogP contribution in [0.3, 0.4) is 0 Å². The monoisotopic (exact) mass is 495 g/mol. The molecule has 0 fully saturated rings. The average Bonchev–Trinajstić information content (AvgIpc) is 2.63. The first-order valence-corrected chi connectivity index (χ1v) is 7.82. The van der Waals surface area contributed by atoms with E-state index in [4.69, 9.17) is 4.74 Å². The summed E-state index contributed by atoms with van der Waals surface area (Å²) in [5.41, 5.74) is 1.40. The van der Waals surface area contributed by atoms with Crippen LogP contribution in [0.4, 0.5) is 13.2 Å². The molecule has 27 heavy (non-hydrogen) atoms. The average molecular weight is 495 g/mol. The van der Waals surface area contributed by atoms with Crippen molar-refractivity contribution in [3.8, 4) is 11.5 Å². The minimum absolute atomic E-state index is 0. The van der Waals surface area contributed by atoms with E-state index in [1.165, 1.54) is 25.3 Å². The van der Waals surface area contributed by atoms with Crippen molar-refractivity contribution >= 4 is 29.9 Å². The normalized spacial score (nSPS) is 11.0. The fraction of sp³-hybridized carbons (Fsp3) is 0.278. The van der Waals surface area contributed by atoms with Crippen molar-refractivity contribution in [2.24, 2.45) is 4.99 Å². The summed E-state index contributed by atoms with van der Waals surface area (Å²) in [7, 11) is 3.03. The van der Waals surface area contributed by atoms with E-state index in [9.17, 15) is 13.2 Å². The number of guanidine groups is 1. The third-order valence-electron chi connectivity index (χ3n) is 3.53. The number of nitrogens with one attached hydrogen (secondary N) is 2. The van der Waals surface area contributed by atoms with Gasteiger partial charge < -0.3 is 20.1 Å². The molecule has 0 atom stereocenters. The molecule has 0 saturated heterocycles. The van der Waals surface area contributed by atoms with E-state index in [0.29, 0.717) is 23.8 Å². The van der Waals surface area contributed by atoms with Gasteiger partial charge in [0.05, 0.1) is 7.11 Å². The van der Waals surface area contributed by atoms with Crippen LogP contribution in [0.2, 0.25) is 0 Å². The summed E-state index contributed by atoms with van der Waals surface area (Å²) in [6, 6.07) is 10.8. The van der Waals surface area contributed by atoms with Gasteiger partial charge in [-0.1, -0.05) is 12.1 Å². The van der Waals surface area contributed by atoms with E-state index in [2.05, 4.69) is 20.4 Å². The second-order valence-corrected chi connectivity index (χ2v) is 5.26. The first kappa shape index (κ1) is 22.9. The molecule has 0 aliphatic rings. The Bertz CT molecular complexity index is 743. The first-order valence-electron chi connectivity index (χ1n) is 7.82. The van der Waals surface area contributed by atoms with Crippen LogP contribution in [0.25, 0.3) is 0 Å². The molecule has 0 radical (unpaired) electrons. The fourth-order valence-electron chi connectivity index (χ4n) is 2.20. The third-order valence-corrected chi connectivity index (χ3v) is 3.53. The summed E-state index contributed by atoms with van der Waals surface area (Å²) in [6.45, 7) is -2.28. The smallest absolute Gasteiger partial charge is 0.387 e. The summed E-state index contributed by atoms with van der Waals surface area (Å²) < 4.78 is 47.7. The van der Waals surface area contributed by atoms with Gasteiger partial charge in [0.25, 0.3) is 0 Å². The first-order chi connectivity index (χ1) is 12.5. The number of benzene rings is 2. The lowest BCUT2D eigenvalue weighted by Crippen LogP contribution is -2.36. The standard InChI is InChI=1S/C18H20F3N3O2.HI/c1-22-18(23-10-12-3-6-14(19)7-4-12)24-11-13-5-8-15(25-2)9-16(13)26-17(20)21;/h3-9,17H,10-11H2,1-2H3,(H2,22,23,24);1H. The largest absolute Gasteiger partial charge is 0.497 e. The molecule has 0 heterocycles. The molecule has 2 rings (SSSR count). The summed E-state index contributed by atoms with van der Waals surface area (Å²) in [5.74, 6) is 0.611. The molecule has 2 aromatic carbocycles. The highest BCUT2D eigenvalue weighted by molar-refractivity contribution is 14.0. The number of rotatable bonds is 7. The van der Waals surface area contributed by atoms with Crippen molar-refractivity contribution in [3.63, 3.8) is 0 Å². The van der Waals surface area contributed by atoms with E-state index >= 15 is 0 Å². The van der Waals surface area contributed by atoms with Gasteiger partial charge in [-0.15, -0.1) is 24.0 Å². The van der Waals surface area contributed by atoms with Crippen LogP contribution in [-0.2, 0) is 13.1 Å². The number of halogens is 4. The van der Waals surface area contributed by atoms with Crippen LogP contribution < -0.4 is 20.1 Å². The summed E-state index contributed by atoms with van der Waals surface area (Å²) in [5, 5.41) is 6.08. The zero-order valence-electron chi connectivity index (χ0n) is 14.8. The van der Waals surface area contributed by atoms with Crippen molar-refractivity contribution in [1.82, 2.24) is 10.6 Å². The number of hydrogen-bond acceptors (Lipinski definition) is 3. The van der Waals surface area contributed by atoms with Crippen molar-refractivity contribution in [3.05, 3.63) is 59.4 Å². The Kier molecular flexibility index (Phi) is 9.76. The molecular weight excluding hydrogens is 474 g/mol. The zero-order valence-corrected chi connectivity index (χ0v) is 17.2. The molecule has 5 nitrogen and oxygen atoms in total. The van der Waals surface area contributed by atoms with Gasteiger partial charge >= 0.3 is 6.61 Å². The Morgan fingerprint density at radius 2 is 1.74 bits per heavy atom. The molecule has 0 aliphatic carbocycles. The number of hydrogen-bond donors (Lipinski definition) is 2. The molecule has 0 amide bonds. The van der Waals surface area contributed by atoms with E-state index < -0.39 is 6.61 Å². The maximum atomic E-state index is 12.9. The quantitative estimate of drug-likeness (QED) is 0.348. The van der Waals surface area contributed by atoms with Gasteiger partial charge in [-0.3, -0.25) is 4.99 Å². The summed E-state index contributed by atoms with van der Waals surface area (Å²) >= 11 is 0. The number of methoxy groups -OCH3 is 1. The topological polar surface area (TPSA) is 54.9 Å². The maximum Gasteiger partial charge on any atom is 0.387 e. The third kappa shape index (κ3) is 7.53. The van der Waals surface area contributed by atoms with Gasteiger partial charge in [0.2, 0.25) is 0 Å². The van der Waals surface area contributed by atoms with Gasteiger partial charge in [-0.25, -0.2) is 4.39 Å². The van der Waals surface area contributed by atoms with Crippen LogP contribution >= 0.6 is 24.0 Å². The lowest BCUT2D eigenvalue weighted by atomic mass is 10.2. The van der Waals surface area contributed by atoms with Crippen LogP contribution in [-0.4, -0.2) is 26.7 Å². The Hall–Kier alpha value is -2.17. The summed E-state index contributed by atoms with van der Waals surface area (Å²) in [4.78, 5) is 4.07. The van der Waals surface area contributed by atoms with Crippen molar-refractivity contribution in [2.45, 2.75) is 19.7 Å². The van der Waals surface area contributed by atoms with Crippen LogP contribution in [0.1, 0.15) is 11.1 Å². The van der Waals surface area contributed by atoms with Gasteiger partial charge in [0.1, 0.15) is 17.3 Å². The second-order valence-electron chi connectivity index (χ2n) is 5.26. The van der Waals surface area contributed by atoms with Crippen LogP contribution in [0.5, 0.6) is 11.5 Å². The molecule has 9 heteroatoms. The van der Waals surface area contributed by atoms with E-state index in [-0.39, 0.29) is 42.1 Å². The maximum absolute atomic E-state index is 12.9. The molecule has 0 bridgehead atoms. The number of nitrogens with zero attached hydrogens (tertiary/aromatic N) is 1. The number of aliphatic imine (C=N–C) groups is 1. The Balaban J connectivity index is 0.00000364. The van der Waals surface area contributed by atoms with Crippen molar-refractivity contribution in [1.29, 1.82) is 0 Å². The second kappa shape index (κ2) is 11.5. The zero-order chi connectivity index (χ0) is 18.9. The molecule has 148 valence electrons. The minimum atomic E-state index is -2.93. The molecular formula is C18H21F3IN3O2. The molecule has 0 aliphatic heterocycles. The van der Waals surface area contributed by atoms with Crippen LogP contribution in [0, 0.1) is 5.82 Å². The molecule has 0 saturated carbocycles. The molecule has 0 spiro atoms. The van der Waals surface area contributed by atoms with Crippen molar-refractivity contribution < 1.29 is 22.6 Å². The lowest BCUT2D eigenvalue weighted by molar-refractivity contribution is -0.0505. The highest BCUT2D eigenvalue weighted by Crippen LogP contribution is 2.26. The van der Waals surface area contributed by atoms with E-state index in [1.54, 1.807) is 31.3 Å². The molecule has 2 N–H and O–H groups in total. The number of alkyl halides is 2. The fourth-order valence-corrected chi connectivity index (χ4v) is 2.20. The van der Waals surface area contributed by atoms with Gasteiger partial charge in [-0.05, 0) is 29.8 Å². The Morgan fingerprint density at radius 3 is 2.33 bits per heavy atom. The molecule has 0 aromatic heterocycles. The minimum Gasteiger partial charge on any atom is -0.497 e. The van der Waals surface area contributed by atoms with Gasteiger partial charge in [0, 0.05) is 31.8 Å². The van der Waals surface area contributed by atoms with Gasteiger partial charge in [-0.2, -0.15) is 8.78 Å². The lowest BCUT2D eigenvalue weighted by Gasteiger charge is -2.15.